The van der Waals surface area contributed by atoms with Gasteiger partial charge >= 0.3 is 35.7 Å². The van der Waals surface area contributed by atoms with Crippen LogP contribution in [0.15, 0.2) is 22.2 Å². The fourth-order valence-electron chi connectivity index (χ4n) is 5.06. The van der Waals surface area contributed by atoms with Crippen molar-refractivity contribution in [2.24, 2.45) is 11.8 Å². The van der Waals surface area contributed by atoms with Gasteiger partial charge < -0.3 is 28.7 Å². The Morgan fingerprint density at radius 1 is 1.38 bits per heavy atom. The van der Waals surface area contributed by atoms with Gasteiger partial charge in [0, 0.05) is 44.3 Å². The summed E-state index contributed by atoms with van der Waals surface area (Å²) in [5.74, 6) is 0.690. The number of hydrogen-bond donors (Lipinski definition) is 0. The molecule has 2 unspecified atom stereocenters. The molecule has 0 radical (unpaired) electrons. The number of hydrogen-bond acceptors (Lipinski definition) is 7. The van der Waals surface area contributed by atoms with E-state index in [9.17, 15) is 9.90 Å². The second-order valence-corrected chi connectivity index (χ2v) is 9.61. The van der Waals surface area contributed by atoms with Crippen molar-refractivity contribution < 1.29 is 58.2 Å². The first-order valence-corrected chi connectivity index (χ1v) is 11.2. The minimum Gasteiger partial charge on any atom is -0.856 e. The van der Waals surface area contributed by atoms with E-state index in [-0.39, 0.29) is 77.3 Å². The normalized spacial score (nSPS) is 31.9. The summed E-state index contributed by atoms with van der Waals surface area (Å²) in [5, 5.41) is 14.5. The third-order valence-electron chi connectivity index (χ3n) is 7.01. The van der Waals surface area contributed by atoms with Gasteiger partial charge in [0.1, 0.15) is 11.9 Å². The molecule has 8 nitrogen and oxygen atoms in total. The van der Waals surface area contributed by atoms with Gasteiger partial charge in [0.05, 0.1) is 17.8 Å². The molecular formula is C23H33N2NaO6. The Bertz CT molecular complexity index is 819. The van der Waals surface area contributed by atoms with Crippen molar-refractivity contribution in [3.63, 3.8) is 0 Å². The van der Waals surface area contributed by atoms with E-state index in [0.29, 0.717) is 25.3 Å². The Labute approximate surface area is 211 Å². The van der Waals surface area contributed by atoms with E-state index in [4.69, 9.17) is 18.7 Å². The summed E-state index contributed by atoms with van der Waals surface area (Å²) in [6, 6.07) is 1.40. The fraction of sp³-hybridized carbons (Fsp3) is 0.739. The number of epoxide rings is 1. The third kappa shape index (κ3) is 5.70. The number of rotatable bonds is 7. The second kappa shape index (κ2) is 10.5. The van der Waals surface area contributed by atoms with Crippen LogP contribution < -0.4 is 34.7 Å². The predicted molar refractivity (Wildman–Crippen MR) is 110 cm³/mol. The molecule has 2 saturated heterocycles. The molecule has 9 heteroatoms. The molecule has 5 atom stereocenters. The molecule has 1 aromatic heterocycles. The minimum atomic E-state index is -0.358. The maximum Gasteiger partial charge on any atom is 1.00 e. The average molecular weight is 457 g/mol. The van der Waals surface area contributed by atoms with Crippen molar-refractivity contribution in [3.8, 4) is 5.88 Å². The van der Waals surface area contributed by atoms with Crippen molar-refractivity contribution >= 4 is 6.09 Å². The molecule has 1 aromatic rings. The summed E-state index contributed by atoms with van der Waals surface area (Å²) in [5.41, 5.74) is 1.07. The van der Waals surface area contributed by atoms with Crippen LogP contribution in [0.2, 0.25) is 0 Å². The topological polar surface area (TPSA) is 100 Å². The van der Waals surface area contributed by atoms with Crippen molar-refractivity contribution in [2.45, 2.75) is 76.8 Å². The Hall–Kier alpha value is -1.06. The van der Waals surface area contributed by atoms with E-state index >= 15 is 0 Å². The van der Waals surface area contributed by atoms with E-state index in [1.165, 1.54) is 11.6 Å². The van der Waals surface area contributed by atoms with Gasteiger partial charge in [-0.25, -0.2) is 4.79 Å². The molecule has 2 aliphatic heterocycles. The van der Waals surface area contributed by atoms with Gasteiger partial charge in [0.15, 0.2) is 0 Å². The number of carbonyl (C=O) groups is 1. The van der Waals surface area contributed by atoms with Crippen LogP contribution in [0.1, 0.15) is 52.2 Å². The molecule has 172 valence electrons. The summed E-state index contributed by atoms with van der Waals surface area (Å²) in [4.78, 5) is 14.3. The van der Waals surface area contributed by atoms with E-state index in [1.807, 2.05) is 0 Å². The molecule has 1 amide bonds. The van der Waals surface area contributed by atoms with Crippen LogP contribution in [0.5, 0.6) is 5.88 Å². The first kappa shape index (κ1) is 25.6. The number of allylic oxidation sites excluding steroid dienone is 1. The van der Waals surface area contributed by atoms with E-state index in [0.717, 1.165) is 25.7 Å². The molecule has 1 saturated carbocycles. The molecule has 0 bridgehead atoms. The number of amides is 1. The van der Waals surface area contributed by atoms with Crippen LogP contribution in [-0.2, 0) is 20.6 Å². The molecule has 0 spiro atoms. The largest absolute Gasteiger partial charge is 1.00 e. The number of carbonyl (C=O) groups excluding carboxylic acids is 1. The molecule has 3 fully saturated rings. The Morgan fingerprint density at radius 3 is 2.75 bits per heavy atom. The monoisotopic (exact) mass is 456 g/mol. The van der Waals surface area contributed by atoms with Crippen LogP contribution >= 0.6 is 0 Å². The van der Waals surface area contributed by atoms with Gasteiger partial charge in [-0.05, 0) is 52.5 Å². The summed E-state index contributed by atoms with van der Waals surface area (Å²) in [6.45, 7) is 7.57. The van der Waals surface area contributed by atoms with Gasteiger partial charge in [0.25, 0.3) is 0 Å². The maximum atomic E-state index is 12.6. The van der Waals surface area contributed by atoms with Crippen LogP contribution in [0.25, 0.3) is 0 Å². The zero-order chi connectivity index (χ0) is 22.2. The number of likely N-dealkylation sites (tertiary alicyclic amines) is 1. The minimum absolute atomic E-state index is 0. The Kier molecular flexibility index (Phi) is 8.36. The van der Waals surface area contributed by atoms with Crippen molar-refractivity contribution in [1.29, 1.82) is 0 Å². The van der Waals surface area contributed by atoms with Gasteiger partial charge in [-0.15, -0.1) is 0 Å². The smallest absolute Gasteiger partial charge is 0.856 e. The fourth-order valence-corrected chi connectivity index (χ4v) is 5.06. The van der Waals surface area contributed by atoms with Gasteiger partial charge in [-0.1, -0.05) is 16.8 Å². The SMILES string of the molecule is COC1CC[C@@H](OC(=O)N2CC(Cc3cc([O-])no3)C2)CC1[C@@]1(C)O[C@@H]1CC=C(C)C.[Na+]. The second-order valence-electron chi connectivity index (χ2n) is 9.61. The summed E-state index contributed by atoms with van der Waals surface area (Å²) < 4.78 is 22.7. The quantitative estimate of drug-likeness (QED) is 0.325. The van der Waals surface area contributed by atoms with Crippen LogP contribution in [0.4, 0.5) is 4.79 Å². The number of methoxy groups -OCH3 is 1. The van der Waals surface area contributed by atoms with E-state index in [2.05, 4.69) is 32.0 Å². The molecule has 32 heavy (non-hydrogen) atoms. The zero-order valence-corrected chi connectivity index (χ0v) is 21.8. The van der Waals surface area contributed by atoms with Gasteiger partial charge in [0.2, 0.25) is 0 Å². The predicted octanol–water partition coefficient (Wildman–Crippen LogP) is 0.0606. The molecule has 3 aliphatic rings. The van der Waals surface area contributed by atoms with E-state index < -0.39 is 0 Å². The van der Waals surface area contributed by atoms with Crippen molar-refractivity contribution in [1.82, 2.24) is 10.1 Å². The third-order valence-corrected chi connectivity index (χ3v) is 7.01. The van der Waals surface area contributed by atoms with E-state index in [1.54, 1.807) is 12.0 Å². The first-order chi connectivity index (χ1) is 14.8. The first-order valence-electron chi connectivity index (χ1n) is 11.2. The molecular weight excluding hydrogens is 423 g/mol. The van der Waals surface area contributed by atoms with Crippen LogP contribution in [0.3, 0.4) is 0 Å². The van der Waals surface area contributed by atoms with Gasteiger partial charge in [-0.3, -0.25) is 0 Å². The molecule has 1 aliphatic carbocycles. The average Bonchev–Trinajstić information content (AvgIpc) is 3.19. The Morgan fingerprint density at radius 2 is 2.12 bits per heavy atom. The van der Waals surface area contributed by atoms with Crippen molar-refractivity contribution in [3.05, 3.63) is 23.5 Å². The summed E-state index contributed by atoms with van der Waals surface area (Å²) in [7, 11) is 1.76. The van der Waals surface area contributed by atoms with Crippen LogP contribution in [-0.4, -0.2) is 60.3 Å². The standard InChI is InChI=1S/C23H34N2O6.Na/c1-14(2)5-8-20-23(3,30-20)18-10-16(6-7-19(18)28-4)29-22(27)25-12-15(13-25)9-17-11-21(26)24-31-17;/h5,11,15-16,18-20H,6-10,12-13H2,1-4H3,(H,24,26);/q;+1/p-1/t16-,18?,19?,20-,23-;/m1./s1. The molecule has 4 rings (SSSR count). The zero-order valence-electron chi connectivity index (χ0n) is 19.8. The molecule has 0 N–H and O–H groups in total. The summed E-state index contributed by atoms with van der Waals surface area (Å²) >= 11 is 0. The number of nitrogens with zero attached hydrogens (tertiary/aromatic N) is 2. The number of ether oxygens (including phenoxy) is 3. The van der Waals surface area contributed by atoms with Crippen LogP contribution in [0, 0.1) is 11.8 Å². The molecule has 0 aromatic carbocycles. The molecule has 3 heterocycles. The summed E-state index contributed by atoms with van der Waals surface area (Å²) in [6.07, 6.45) is 6.09. The van der Waals surface area contributed by atoms with Crippen molar-refractivity contribution in [2.75, 3.05) is 20.2 Å². The number of aromatic nitrogens is 1. The van der Waals surface area contributed by atoms with Gasteiger partial charge in [-0.2, -0.15) is 0 Å². The Balaban J connectivity index is 0.00000289. The maximum absolute atomic E-state index is 12.6.